The van der Waals surface area contributed by atoms with E-state index in [1.165, 1.54) is 11.4 Å². The van der Waals surface area contributed by atoms with Crippen molar-refractivity contribution < 1.29 is 22.5 Å². The molecule has 0 bridgehead atoms. The van der Waals surface area contributed by atoms with Gasteiger partial charge in [0.1, 0.15) is 10.7 Å². The molecule has 0 saturated carbocycles. The van der Waals surface area contributed by atoms with Crippen molar-refractivity contribution in [3.63, 3.8) is 0 Å². The summed E-state index contributed by atoms with van der Waals surface area (Å²) in [7, 11) is -2.63. The summed E-state index contributed by atoms with van der Waals surface area (Å²) in [6.45, 7) is 0.301. The van der Waals surface area contributed by atoms with Crippen LogP contribution in [0, 0.1) is 15.9 Å². The maximum absolute atomic E-state index is 14.1. The molecule has 1 saturated heterocycles. The number of hydrogen-bond acceptors (Lipinski definition) is 6. The number of nitro groups is 1. The lowest BCUT2D eigenvalue weighted by Crippen LogP contribution is -2.42. The van der Waals surface area contributed by atoms with Crippen molar-refractivity contribution in [2.24, 2.45) is 0 Å². The molecule has 1 aromatic carbocycles. The molecule has 0 N–H and O–H groups in total. The predicted molar refractivity (Wildman–Crippen MR) is 84.6 cm³/mol. The van der Waals surface area contributed by atoms with Crippen LogP contribution in [0.4, 0.5) is 10.1 Å². The maximum atomic E-state index is 14.1. The Kier molecular flexibility index (Phi) is 5.95. The molecule has 0 spiro atoms. The quantitative estimate of drug-likeness (QED) is 0.542. The zero-order valence-electron chi connectivity index (χ0n) is 12.5. The zero-order valence-corrected chi connectivity index (χ0v) is 14.1. The lowest BCUT2D eigenvalue weighted by Gasteiger charge is -2.27. The van der Waals surface area contributed by atoms with Crippen LogP contribution in [0.1, 0.15) is 6.42 Å². The number of benzene rings is 1. The molecule has 0 aliphatic carbocycles. The van der Waals surface area contributed by atoms with Crippen LogP contribution in [0.25, 0.3) is 0 Å². The largest absolute Gasteiger partial charge is 0.383 e. The fourth-order valence-electron chi connectivity index (χ4n) is 2.37. The van der Waals surface area contributed by atoms with Crippen molar-refractivity contribution in [3.8, 4) is 0 Å². The van der Waals surface area contributed by atoms with E-state index >= 15 is 0 Å². The van der Waals surface area contributed by atoms with Gasteiger partial charge in [0.15, 0.2) is 0 Å². The van der Waals surface area contributed by atoms with Crippen molar-refractivity contribution in [1.82, 2.24) is 4.31 Å². The van der Waals surface area contributed by atoms with Crippen molar-refractivity contribution in [1.29, 1.82) is 0 Å². The minimum atomic E-state index is -4.09. The minimum absolute atomic E-state index is 0.112. The number of ether oxygens (including phenoxy) is 1. The normalized spacial score (nSPS) is 18.5. The first-order chi connectivity index (χ1) is 10.9. The van der Waals surface area contributed by atoms with Crippen LogP contribution in [0.2, 0.25) is 0 Å². The van der Waals surface area contributed by atoms with Crippen LogP contribution in [0.3, 0.4) is 0 Å². The molecule has 0 amide bonds. The first kappa shape index (κ1) is 18.1. The van der Waals surface area contributed by atoms with Gasteiger partial charge in [0.25, 0.3) is 5.69 Å². The molecule has 1 aromatic rings. The molecule has 1 aliphatic rings. The van der Waals surface area contributed by atoms with Gasteiger partial charge in [-0.05, 0) is 18.2 Å². The number of nitrogens with zero attached hydrogens (tertiary/aromatic N) is 2. The summed E-state index contributed by atoms with van der Waals surface area (Å²) in [5.41, 5.74) is -0.485. The van der Waals surface area contributed by atoms with Gasteiger partial charge in [-0.2, -0.15) is 16.1 Å². The topological polar surface area (TPSA) is 89.8 Å². The van der Waals surface area contributed by atoms with Gasteiger partial charge in [-0.15, -0.1) is 0 Å². The molecule has 0 aromatic heterocycles. The highest BCUT2D eigenvalue weighted by atomic mass is 32.2. The number of rotatable bonds is 7. The monoisotopic (exact) mass is 364 g/mol. The number of thioether (sulfide) groups is 1. The number of sulfonamides is 1. The van der Waals surface area contributed by atoms with Crippen LogP contribution < -0.4 is 0 Å². The fraction of sp³-hybridized carbons (Fsp3) is 0.538. The van der Waals surface area contributed by atoms with Crippen LogP contribution in [-0.4, -0.2) is 55.5 Å². The van der Waals surface area contributed by atoms with Gasteiger partial charge in [0, 0.05) is 31.5 Å². The second kappa shape index (κ2) is 7.56. The third-order valence-corrected chi connectivity index (χ3v) is 6.67. The molecule has 1 aliphatic heterocycles. The maximum Gasteiger partial charge on any atom is 0.272 e. The second-order valence-corrected chi connectivity index (χ2v) is 8.01. The molecule has 2 rings (SSSR count). The lowest BCUT2D eigenvalue weighted by molar-refractivity contribution is -0.385. The van der Waals surface area contributed by atoms with E-state index in [9.17, 15) is 22.9 Å². The Morgan fingerprint density at radius 2 is 2.26 bits per heavy atom. The number of non-ortho nitro benzene ring substituents is 1. The Morgan fingerprint density at radius 1 is 1.52 bits per heavy atom. The average Bonchev–Trinajstić information content (AvgIpc) is 3.01. The summed E-state index contributed by atoms with van der Waals surface area (Å²) in [5, 5.41) is 10.7. The summed E-state index contributed by atoms with van der Waals surface area (Å²) in [5.74, 6) is 0.358. The van der Waals surface area contributed by atoms with Gasteiger partial charge in [0.2, 0.25) is 10.0 Å². The predicted octanol–water partition coefficient (Wildman–Crippen LogP) is 1.88. The van der Waals surface area contributed by atoms with Gasteiger partial charge < -0.3 is 4.74 Å². The van der Waals surface area contributed by atoms with E-state index in [0.29, 0.717) is 18.2 Å². The van der Waals surface area contributed by atoms with E-state index in [4.69, 9.17) is 4.74 Å². The van der Waals surface area contributed by atoms with Crippen molar-refractivity contribution in [3.05, 3.63) is 34.1 Å². The molecule has 1 heterocycles. The Bertz CT molecular complexity index is 677. The summed E-state index contributed by atoms with van der Waals surface area (Å²) < 4.78 is 45.9. The van der Waals surface area contributed by atoms with E-state index in [1.54, 1.807) is 11.8 Å². The van der Waals surface area contributed by atoms with Gasteiger partial charge in [-0.1, -0.05) is 0 Å². The summed E-state index contributed by atoms with van der Waals surface area (Å²) in [4.78, 5) is 9.34. The summed E-state index contributed by atoms with van der Waals surface area (Å²) in [6, 6.07) is 2.35. The highest BCUT2D eigenvalue weighted by Gasteiger charge is 2.35. The van der Waals surface area contributed by atoms with Gasteiger partial charge >= 0.3 is 0 Å². The number of hydrogen-bond donors (Lipinski definition) is 0. The number of methoxy groups -OCH3 is 1. The highest BCUT2D eigenvalue weighted by molar-refractivity contribution is 7.99. The molecule has 0 unspecified atom stereocenters. The van der Waals surface area contributed by atoms with Gasteiger partial charge in [0.05, 0.1) is 17.6 Å². The first-order valence-corrected chi connectivity index (χ1v) is 9.50. The fourth-order valence-corrected chi connectivity index (χ4v) is 5.37. The van der Waals surface area contributed by atoms with Crippen LogP contribution in [-0.2, 0) is 14.8 Å². The van der Waals surface area contributed by atoms with E-state index in [0.717, 1.165) is 17.9 Å². The summed E-state index contributed by atoms with van der Waals surface area (Å²) >= 11 is 1.64. The zero-order chi connectivity index (χ0) is 17.0. The second-order valence-electron chi connectivity index (χ2n) is 5.00. The molecule has 1 atom stereocenters. The molecule has 23 heavy (non-hydrogen) atoms. The first-order valence-electron chi connectivity index (χ1n) is 6.90. The Hall–Kier alpha value is -1.23. The van der Waals surface area contributed by atoms with E-state index in [2.05, 4.69) is 0 Å². The van der Waals surface area contributed by atoms with Crippen LogP contribution >= 0.6 is 11.8 Å². The van der Waals surface area contributed by atoms with Gasteiger partial charge in [-0.25, -0.2) is 12.8 Å². The molecular formula is C13H17FN2O5S2. The summed E-state index contributed by atoms with van der Waals surface area (Å²) in [6.07, 6.45) is 0.683. The highest BCUT2D eigenvalue weighted by Crippen LogP contribution is 2.29. The van der Waals surface area contributed by atoms with E-state index in [-0.39, 0.29) is 19.2 Å². The van der Waals surface area contributed by atoms with Crippen molar-refractivity contribution >= 4 is 27.5 Å². The average molecular weight is 364 g/mol. The minimum Gasteiger partial charge on any atom is -0.383 e. The van der Waals surface area contributed by atoms with Crippen LogP contribution in [0.5, 0.6) is 0 Å². The smallest absolute Gasteiger partial charge is 0.272 e. The van der Waals surface area contributed by atoms with E-state index in [1.807, 2.05) is 0 Å². The lowest BCUT2D eigenvalue weighted by atomic mass is 10.3. The van der Waals surface area contributed by atoms with Crippen molar-refractivity contribution in [2.75, 3.05) is 31.8 Å². The molecule has 10 heteroatoms. The van der Waals surface area contributed by atoms with Crippen LogP contribution in [0.15, 0.2) is 23.1 Å². The third-order valence-electron chi connectivity index (χ3n) is 3.54. The number of halogens is 1. The van der Waals surface area contributed by atoms with E-state index < -0.39 is 31.3 Å². The molecular weight excluding hydrogens is 347 g/mol. The Morgan fingerprint density at radius 3 is 2.78 bits per heavy atom. The molecule has 1 fully saturated rings. The van der Waals surface area contributed by atoms with Gasteiger partial charge in [-0.3, -0.25) is 10.1 Å². The Labute approximate surface area is 138 Å². The standard InChI is InChI=1S/C13H17FN2O5S2/c1-21-6-5-15(11-4-7-22-9-11)23(19,20)13-3-2-10(16(17)18)8-12(13)14/h2-3,8,11H,4-7,9H2,1H3/t11-/m1/s1. The SMILES string of the molecule is COCCN([C@@H]1CCSC1)S(=O)(=O)c1ccc([N+](=O)[O-])cc1F. The number of nitro benzene ring substituents is 1. The Balaban J connectivity index is 2.38. The molecule has 128 valence electrons. The van der Waals surface area contributed by atoms with Crippen molar-refractivity contribution in [2.45, 2.75) is 17.4 Å². The third kappa shape index (κ3) is 4.00. The molecule has 0 radical (unpaired) electrons. The molecule has 7 nitrogen and oxygen atoms in total.